The Hall–Kier alpha value is -0.890. The molecule has 1 atom stereocenters. The number of unbranched alkanes of at least 4 members (excludes halogenated alkanes) is 8. The lowest BCUT2D eigenvalue weighted by Crippen LogP contribution is -2.10. The Labute approximate surface area is 124 Å². The van der Waals surface area contributed by atoms with Crippen LogP contribution in [0.25, 0.3) is 0 Å². The largest absolute Gasteiger partial charge is 0.393 e. The van der Waals surface area contributed by atoms with Crippen LogP contribution in [-0.4, -0.2) is 16.2 Å². The Bertz CT molecular complexity index is 312. The number of aliphatic hydroxyl groups is 1. The quantitative estimate of drug-likeness (QED) is 0.551. The molecular weight excluding hydrogens is 246 g/mol. The molecule has 0 amide bonds. The number of rotatable bonds is 12. The molecule has 0 aromatic carbocycles. The molecule has 1 rings (SSSR count). The van der Waals surface area contributed by atoms with Gasteiger partial charge in [-0.25, -0.2) is 0 Å². The Morgan fingerprint density at radius 3 is 2.25 bits per heavy atom. The zero-order chi connectivity index (χ0) is 14.5. The molecule has 0 fully saturated rings. The zero-order valence-electron chi connectivity index (χ0n) is 13.1. The lowest BCUT2D eigenvalue weighted by Gasteiger charge is -2.10. The van der Waals surface area contributed by atoms with E-state index in [2.05, 4.69) is 11.9 Å². The van der Waals surface area contributed by atoms with Crippen LogP contribution in [0.4, 0.5) is 0 Å². The van der Waals surface area contributed by atoms with Crippen LogP contribution in [0.1, 0.15) is 76.7 Å². The highest BCUT2D eigenvalue weighted by atomic mass is 16.3. The first-order chi connectivity index (χ1) is 9.83. The van der Waals surface area contributed by atoms with Crippen molar-refractivity contribution in [3.05, 3.63) is 30.1 Å². The number of nitrogens with zero attached hydrogens (tertiary/aromatic N) is 1. The summed E-state index contributed by atoms with van der Waals surface area (Å²) in [7, 11) is 0. The first-order valence-corrected chi connectivity index (χ1v) is 8.40. The van der Waals surface area contributed by atoms with Crippen molar-refractivity contribution in [3.63, 3.8) is 0 Å². The molecule has 0 aliphatic carbocycles. The van der Waals surface area contributed by atoms with Crippen LogP contribution in [-0.2, 0) is 6.42 Å². The second-order valence-corrected chi connectivity index (χ2v) is 5.84. The summed E-state index contributed by atoms with van der Waals surface area (Å²) in [5.41, 5.74) is 1.14. The van der Waals surface area contributed by atoms with Crippen LogP contribution in [0.5, 0.6) is 0 Å². The Kier molecular flexibility index (Phi) is 10.2. The lowest BCUT2D eigenvalue weighted by atomic mass is 10.0. The van der Waals surface area contributed by atoms with Crippen molar-refractivity contribution in [1.82, 2.24) is 4.98 Å². The molecule has 2 nitrogen and oxygen atoms in total. The van der Waals surface area contributed by atoms with E-state index >= 15 is 0 Å². The molecule has 0 saturated carbocycles. The van der Waals surface area contributed by atoms with Gasteiger partial charge in [-0.1, -0.05) is 70.8 Å². The Morgan fingerprint density at radius 1 is 1.00 bits per heavy atom. The minimum Gasteiger partial charge on any atom is -0.393 e. The Balaban J connectivity index is 1.91. The summed E-state index contributed by atoms with van der Waals surface area (Å²) in [6.07, 6.45) is 17.1. The second kappa shape index (κ2) is 11.9. The van der Waals surface area contributed by atoms with Gasteiger partial charge in [-0.05, 0) is 24.5 Å². The van der Waals surface area contributed by atoms with Gasteiger partial charge in [-0.3, -0.25) is 4.98 Å². The Morgan fingerprint density at radius 2 is 1.65 bits per heavy atom. The normalized spacial score (nSPS) is 12.5. The van der Waals surface area contributed by atoms with E-state index in [1.54, 1.807) is 6.20 Å². The van der Waals surface area contributed by atoms with Crippen LogP contribution in [0.2, 0.25) is 0 Å². The van der Waals surface area contributed by atoms with Crippen LogP contribution in [0.3, 0.4) is 0 Å². The van der Waals surface area contributed by atoms with Crippen molar-refractivity contribution < 1.29 is 5.11 Å². The molecule has 0 aliphatic rings. The van der Waals surface area contributed by atoms with Crippen molar-refractivity contribution in [3.8, 4) is 0 Å². The molecule has 114 valence electrons. The maximum absolute atomic E-state index is 9.97. The molecular formula is C18H31NO. The first-order valence-electron chi connectivity index (χ1n) is 8.40. The number of aromatic nitrogens is 1. The van der Waals surface area contributed by atoms with Crippen LogP contribution in [0.15, 0.2) is 24.5 Å². The van der Waals surface area contributed by atoms with E-state index in [0.717, 1.165) is 24.8 Å². The lowest BCUT2D eigenvalue weighted by molar-refractivity contribution is 0.160. The van der Waals surface area contributed by atoms with Crippen molar-refractivity contribution in [2.75, 3.05) is 0 Å². The van der Waals surface area contributed by atoms with Gasteiger partial charge in [0.2, 0.25) is 0 Å². The highest BCUT2D eigenvalue weighted by Gasteiger charge is 2.05. The van der Waals surface area contributed by atoms with E-state index in [4.69, 9.17) is 0 Å². The average Bonchev–Trinajstić information content (AvgIpc) is 2.46. The van der Waals surface area contributed by atoms with Gasteiger partial charge >= 0.3 is 0 Å². The van der Waals surface area contributed by atoms with Crippen molar-refractivity contribution >= 4 is 0 Å². The average molecular weight is 277 g/mol. The fourth-order valence-corrected chi connectivity index (χ4v) is 2.58. The summed E-state index contributed by atoms with van der Waals surface area (Å²) in [4.78, 5) is 4.08. The summed E-state index contributed by atoms with van der Waals surface area (Å²) in [6.45, 7) is 2.26. The third-order valence-electron chi connectivity index (χ3n) is 3.84. The zero-order valence-corrected chi connectivity index (χ0v) is 13.1. The molecule has 0 radical (unpaired) electrons. The minimum absolute atomic E-state index is 0.205. The standard InChI is InChI=1S/C18H31NO/c1-2-3-4-5-6-7-8-9-10-13-18(20)15-17-12-11-14-19-16-17/h11-12,14,16,18,20H,2-10,13,15H2,1H3. The summed E-state index contributed by atoms with van der Waals surface area (Å²) >= 11 is 0. The maximum Gasteiger partial charge on any atom is 0.0581 e. The highest BCUT2D eigenvalue weighted by Crippen LogP contribution is 2.13. The second-order valence-electron chi connectivity index (χ2n) is 5.84. The topological polar surface area (TPSA) is 33.1 Å². The smallest absolute Gasteiger partial charge is 0.0581 e. The van der Waals surface area contributed by atoms with Crippen LogP contribution in [0, 0.1) is 0 Å². The number of hydrogen-bond acceptors (Lipinski definition) is 2. The van der Waals surface area contributed by atoms with Gasteiger partial charge in [0, 0.05) is 12.4 Å². The van der Waals surface area contributed by atoms with E-state index in [0.29, 0.717) is 0 Å². The van der Waals surface area contributed by atoms with E-state index in [1.807, 2.05) is 18.3 Å². The predicted octanol–water partition coefficient (Wildman–Crippen LogP) is 4.91. The van der Waals surface area contributed by atoms with Gasteiger partial charge in [0.05, 0.1) is 6.10 Å². The minimum atomic E-state index is -0.205. The fraction of sp³-hybridized carbons (Fsp3) is 0.722. The molecule has 2 heteroatoms. The number of hydrogen-bond donors (Lipinski definition) is 1. The van der Waals surface area contributed by atoms with Gasteiger partial charge in [-0.15, -0.1) is 0 Å². The molecule has 1 N–H and O–H groups in total. The SMILES string of the molecule is CCCCCCCCCCCC(O)Cc1cccnc1. The van der Waals surface area contributed by atoms with Crippen molar-refractivity contribution in [2.24, 2.45) is 0 Å². The monoisotopic (exact) mass is 277 g/mol. The first kappa shape index (κ1) is 17.2. The van der Waals surface area contributed by atoms with Gasteiger partial charge in [-0.2, -0.15) is 0 Å². The van der Waals surface area contributed by atoms with E-state index in [1.165, 1.54) is 51.4 Å². The fourth-order valence-electron chi connectivity index (χ4n) is 2.58. The molecule has 1 heterocycles. The van der Waals surface area contributed by atoms with E-state index < -0.39 is 0 Å². The maximum atomic E-state index is 9.97. The molecule has 0 spiro atoms. The summed E-state index contributed by atoms with van der Waals surface area (Å²) in [5, 5.41) is 9.97. The van der Waals surface area contributed by atoms with E-state index in [9.17, 15) is 5.11 Å². The highest BCUT2D eigenvalue weighted by molar-refractivity contribution is 5.09. The van der Waals surface area contributed by atoms with Gasteiger partial charge in [0.25, 0.3) is 0 Å². The molecule has 0 saturated heterocycles. The molecule has 1 aromatic heterocycles. The van der Waals surface area contributed by atoms with Gasteiger partial charge < -0.3 is 5.11 Å². The predicted molar refractivity (Wildman–Crippen MR) is 85.8 cm³/mol. The molecule has 1 unspecified atom stereocenters. The van der Waals surface area contributed by atoms with Gasteiger partial charge in [0.15, 0.2) is 0 Å². The third kappa shape index (κ3) is 9.08. The van der Waals surface area contributed by atoms with Crippen molar-refractivity contribution in [1.29, 1.82) is 0 Å². The summed E-state index contributed by atoms with van der Waals surface area (Å²) in [6, 6.07) is 3.97. The van der Waals surface area contributed by atoms with Crippen LogP contribution >= 0.6 is 0 Å². The summed E-state index contributed by atoms with van der Waals surface area (Å²) in [5.74, 6) is 0. The number of pyridine rings is 1. The molecule has 0 bridgehead atoms. The third-order valence-corrected chi connectivity index (χ3v) is 3.84. The van der Waals surface area contributed by atoms with E-state index in [-0.39, 0.29) is 6.10 Å². The van der Waals surface area contributed by atoms with Crippen molar-refractivity contribution in [2.45, 2.75) is 83.7 Å². The number of aliphatic hydroxyl groups excluding tert-OH is 1. The van der Waals surface area contributed by atoms with Gasteiger partial charge in [0.1, 0.15) is 0 Å². The van der Waals surface area contributed by atoms with Crippen LogP contribution < -0.4 is 0 Å². The molecule has 20 heavy (non-hydrogen) atoms. The molecule has 1 aromatic rings. The molecule has 0 aliphatic heterocycles. The summed E-state index contributed by atoms with van der Waals surface area (Å²) < 4.78 is 0.